The first-order chi connectivity index (χ1) is 35.6. The van der Waals surface area contributed by atoms with Crippen molar-refractivity contribution >= 4 is 23.4 Å². The van der Waals surface area contributed by atoms with Crippen LogP contribution in [-0.4, -0.2) is 97.1 Å². The second-order valence-electron chi connectivity index (χ2n) is 22.7. The van der Waals surface area contributed by atoms with Gasteiger partial charge in [-0.3, -0.25) is 9.59 Å². The standard InChI is InChI=1S/C61H77NO12/c1-3-21-61(71)47-19-20-52(65)44(28-47)23-37-11-10-12-38(22-37)26-49(64)30-46-27-41(43-24-39(34-63)25-48(29-43)62-36-60(2,70)53(66)35-72-50-15-8-5-9-16-50)17-18-42-33-55(67)74-58-51(42)31-45(32-54(61)73-59(46)69)57(68)56(58)40-13-6-4-7-14-40/h10-12,22,24-25,29-31,40-42,44,47,49-50,53-54,62-64,66,68,70-71H,3-9,13-16,19-21,23,26-28,32-36H2,1-2H3/b46-30-/t41-,42+,44+,47+,49-,53+,54+,60+,61-/m0/s1. The number of aliphatic hydroxyl groups is 5. The maximum Gasteiger partial charge on any atom is 0.334 e. The van der Waals surface area contributed by atoms with Gasteiger partial charge in [0.2, 0.25) is 0 Å². The predicted molar refractivity (Wildman–Crippen MR) is 280 cm³/mol. The Balaban J connectivity index is 1.18. The summed E-state index contributed by atoms with van der Waals surface area (Å²) < 4.78 is 18.9. The van der Waals surface area contributed by atoms with Crippen LogP contribution in [0.2, 0.25) is 0 Å². The number of ether oxygens (including phenoxy) is 3. The number of fused-ring (bicyclic) bond motifs is 8. The molecule has 0 aromatic heterocycles. The molecule has 3 aromatic rings. The quantitative estimate of drug-likeness (QED) is 0.0516. The lowest BCUT2D eigenvalue weighted by Crippen LogP contribution is -2.54. The van der Waals surface area contributed by atoms with Crippen molar-refractivity contribution in [2.45, 2.75) is 202 Å². The molecule has 0 amide bonds. The molecule has 0 spiro atoms. The van der Waals surface area contributed by atoms with Crippen LogP contribution >= 0.6 is 0 Å². The van der Waals surface area contributed by atoms with E-state index < -0.39 is 65.1 Å². The third kappa shape index (κ3) is 12.3. The lowest BCUT2D eigenvalue weighted by atomic mass is 9.66. The second kappa shape index (κ2) is 23.4. The molecule has 13 heteroatoms. The first kappa shape index (κ1) is 53.7. The average molecular weight is 1020 g/mol. The topological polar surface area (TPSA) is 212 Å². The number of hydrogen-bond acceptors (Lipinski definition) is 13. The monoisotopic (exact) mass is 1020 g/mol. The SMILES string of the molecule is CCC[C@]1(O)[C@@H]2CCC(=O)[C@H](Cc3cccc(c3)C[C@H](O)/C=C3/C[C@@H](c4cc(CO)cc(NC[C@@](C)(O)[C@H](O)COC5CCCCC5)c4)C#C[C@@H]4CC(=O)Oc5c4cc(c(O)c5C4CCCCC4)C[C@H]1OC3=O)C2. The molecule has 13 nitrogen and oxygen atoms in total. The van der Waals surface area contributed by atoms with Gasteiger partial charge in [-0.2, -0.15) is 0 Å². The van der Waals surface area contributed by atoms with Gasteiger partial charge in [0.1, 0.15) is 40.7 Å². The molecule has 8 bridgehead atoms. The van der Waals surface area contributed by atoms with Gasteiger partial charge in [-0.25, -0.2) is 4.79 Å². The van der Waals surface area contributed by atoms with Crippen molar-refractivity contribution in [3.63, 3.8) is 0 Å². The third-order valence-electron chi connectivity index (χ3n) is 17.1. The molecule has 6 aliphatic rings. The van der Waals surface area contributed by atoms with Crippen molar-refractivity contribution in [3.05, 3.63) is 99.1 Å². The van der Waals surface area contributed by atoms with E-state index >= 15 is 4.79 Å². The molecule has 3 saturated carbocycles. The number of carbonyl (C=O) groups is 3. The van der Waals surface area contributed by atoms with Crippen molar-refractivity contribution < 1.29 is 59.2 Å². The van der Waals surface area contributed by atoms with Gasteiger partial charge in [0.25, 0.3) is 0 Å². The summed E-state index contributed by atoms with van der Waals surface area (Å²) in [6.45, 7) is 3.05. The zero-order valence-electron chi connectivity index (χ0n) is 43.3. The number of Topliss-reactive ketones (excluding diaryl/α,β-unsaturated/α-hetero) is 1. The van der Waals surface area contributed by atoms with Crippen LogP contribution in [0.1, 0.15) is 180 Å². The summed E-state index contributed by atoms with van der Waals surface area (Å²) in [6.07, 6.45) is 9.67. The Kier molecular flexibility index (Phi) is 17.0. The number of aliphatic hydroxyl groups excluding tert-OH is 3. The highest BCUT2D eigenvalue weighted by molar-refractivity contribution is 5.89. The number of anilines is 1. The van der Waals surface area contributed by atoms with Gasteiger partial charge in [-0.05, 0) is 129 Å². The Hall–Kier alpha value is -5.07. The summed E-state index contributed by atoms with van der Waals surface area (Å²) in [5.74, 6) is 3.52. The van der Waals surface area contributed by atoms with E-state index in [1.165, 1.54) is 6.08 Å². The molecule has 398 valence electrons. The minimum atomic E-state index is -1.66. The summed E-state index contributed by atoms with van der Waals surface area (Å²) in [6, 6.07) is 14.9. The summed E-state index contributed by atoms with van der Waals surface area (Å²) >= 11 is 0. The second-order valence-corrected chi connectivity index (χ2v) is 22.7. The Morgan fingerprint density at radius 2 is 1.61 bits per heavy atom. The normalized spacial score (nSPS) is 29.0. The summed E-state index contributed by atoms with van der Waals surface area (Å²) in [5, 5.41) is 74.7. The van der Waals surface area contributed by atoms with E-state index in [0.29, 0.717) is 64.9 Å². The largest absolute Gasteiger partial charge is 0.507 e. The van der Waals surface area contributed by atoms with E-state index in [2.05, 4.69) is 17.2 Å². The molecule has 9 rings (SSSR count). The van der Waals surface area contributed by atoms with Crippen LogP contribution < -0.4 is 10.1 Å². The molecule has 0 radical (unpaired) electrons. The highest BCUT2D eigenvalue weighted by Gasteiger charge is 2.49. The maximum absolute atomic E-state index is 15.4. The Bertz CT molecular complexity index is 2620. The number of carbonyl (C=O) groups excluding carboxylic acids is 3. The average Bonchev–Trinajstić information content (AvgIpc) is 3.40. The van der Waals surface area contributed by atoms with Crippen molar-refractivity contribution in [3.8, 4) is 23.3 Å². The molecule has 0 unspecified atom stereocenters. The lowest BCUT2D eigenvalue weighted by Gasteiger charge is -2.45. The van der Waals surface area contributed by atoms with Crippen LogP contribution in [0.4, 0.5) is 5.69 Å². The number of phenols is 1. The van der Waals surface area contributed by atoms with Gasteiger partial charge < -0.3 is 50.2 Å². The smallest absolute Gasteiger partial charge is 0.334 e. The number of ketones is 1. The van der Waals surface area contributed by atoms with Gasteiger partial charge in [-0.1, -0.05) is 94.0 Å². The molecule has 3 aliphatic heterocycles. The molecule has 3 fully saturated rings. The number of rotatable bonds is 12. The highest BCUT2D eigenvalue weighted by atomic mass is 16.6. The number of aromatic hydroxyl groups is 1. The van der Waals surface area contributed by atoms with Crippen LogP contribution in [0, 0.1) is 23.7 Å². The van der Waals surface area contributed by atoms with Crippen molar-refractivity contribution in [1.82, 2.24) is 0 Å². The number of benzene rings is 3. The molecule has 7 N–H and O–H groups in total. The van der Waals surface area contributed by atoms with E-state index in [0.717, 1.165) is 75.3 Å². The third-order valence-corrected chi connectivity index (χ3v) is 17.1. The number of esters is 2. The Morgan fingerprint density at radius 3 is 2.35 bits per heavy atom. The van der Waals surface area contributed by atoms with Crippen molar-refractivity contribution in [2.24, 2.45) is 11.8 Å². The summed E-state index contributed by atoms with van der Waals surface area (Å²) in [5.41, 5.74) is 1.78. The van der Waals surface area contributed by atoms with Crippen LogP contribution in [0.25, 0.3) is 0 Å². The Morgan fingerprint density at radius 1 is 0.878 bits per heavy atom. The van der Waals surface area contributed by atoms with E-state index in [4.69, 9.17) is 14.2 Å². The fourth-order valence-corrected chi connectivity index (χ4v) is 12.9. The molecule has 3 heterocycles. The minimum absolute atomic E-state index is 0.0277. The Labute approximate surface area is 436 Å². The molecular weight excluding hydrogens is 939 g/mol. The fraction of sp³-hybridized carbons (Fsp3) is 0.590. The van der Waals surface area contributed by atoms with Gasteiger partial charge >= 0.3 is 11.9 Å². The zero-order valence-corrected chi connectivity index (χ0v) is 43.3. The zero-order chi connectivity index (χ0) is 52.1. The molecule has 9 atom stereocenters. The molecule has 3 aliphatic carbocycles. The number of phenolic OH excluding ortho intramolecular Hbond substituents is 1. The van der Waals surface area contributed by atoms with E-state index in [1.54, 1.807) is 25.1 Å². The van der Waals surface area contributed by atoms with Crippen molar-refractivity contribution in [2.75, 3.05) is 18.5 Å². The van der Waals surface area contributed by atoms with Gasteiger partial charge in [-0.15, -0.1) is 0 Å². The first-order valence-corrected chi connectivity index (χ1v) is 27.6. The van der Waals surface area contributed by atoms with E-state index in [1.807, 2.05) is 37.3 Å². The van der Waals surface area contributed by atoms with Crippen molar-refractivity contribution in [1.29, 1.82) is 0 Å². The van der Waals surface area contributed by atoms with Crippen LogP contribution in [0.5, 0.6) is 11.5 Å². The number of nitrogens with one attached hydrogen (secondary N) is 1. The maximum atomic E-state index is 15.4. The van der Waals surface area contributed by atoms with E-state index in [-0.39, 0.29) is 87.4 Å². The molecular formula is C61H77NO12. The fourth-order valence-electron chi connectivity index (χ4n) is 12.9. The van der Waals surface area contributed by atoms with Gasteiger partial charge in [0.05, 0.1) is 37.8 Å². The minimum Gasteiger partial charge on any atom is -0.507 e. The lowest BCUT2D eigenvalue weighted by molar-refractivity contribution is -0.176. The van der Waals surface area contributed by atoms with Gasteiger partial charge in [0.15, 0.2) is 0 Å². The van der Waals surface area contributed by atoms with Crippen LogP contribution in [0.3, 0.4) is 0 Å². The van der Waals surface area contributed by atoms with Gasteiger partial charge in [0, 0.05) is 60.0 Å². The number of hydrogen-bond donors (Lipinski definition) is 7. The summed E-state index contributed by atoms with van der Waals surface area (Å²) in [4.78, 5) is 42.8. The highest BCUT2D eigenvalue weighted by Crippen LogP contribution is 2.51. The molecule has 3 aromatic carbocycles. The molecule has 74 heavy (non-hydrogen) atoms. The van der Waals surface area contributed by atoms with E-state index in [9.17, 15) is 40.2 Å². The first-order valence-electron chi connectivity index (χ1n) is 27.6. The van der Waals surface area contributed by atoms with Crippen LogP contribution in [0.15, 0.2) is 60.2 Å². The van der Waals surface area contributed by atoms with Crippen LogP contribution in [-0.2, 0) is 49.7 Å². The predicted octanol–water partition coefficient (Wildman–Crippen LogP) is 8.45. The summed E-state index contributed by atoms with van der Waals surface area (Å²) in [7, 11) is 0. The molecule has 0 saturated heterocycles.